The van der Waals surface area contributed by atoms with Gasteiger partial charge in [-0.25, -0.2) is 8.42 Å². The molecule has 2 aromatic rings. The highest BCUT2D eigenvalue weighted by Gasteiger charge is 2.32. The van der Waals surface area contributed by atoms with Gasteiger partial charge in [0, 0.05) is 24.5 Å². The van der Waals surface area contributed by atoms with Crippen molar-refractivity contribution >= 4 is 26.9 Å². The van der Waals surface area contributed by atoms with E-state index in [4.69, 9.17) is 4.42 Å². The summed E-state index contributed by atoms with van der Waals surface area (Å²) < 4.78 is 33.6. The zero-order chi connectivity index (χ0) is 20.6. The second-order valence-corrected chi connectivity index (χ2v) is 10.8. The summed E-state index contributed by atoms with van der Waals surface area (Å²) in [6.45, 7) is 5.28. The van der Waals surface area contributed by atoms with E-state index in [0.29, 0.717) is 35.9 Å². The van der Waals surface area contributed by atoms with E-state index in [-0.39, 0.29) is 22.6 Å². The average Bonchev–Trinajstić information content (AvgIpc) is 3.11. The zero-order valence-electron chi connectivity index (χ0n) is 17.2. The molecule has 1 aliphatic carbocycles. The lowest BCUT2D eigenvalue weighted by Crippen LogP contribution is -2.42. The maximum absolute atomic E-state index is 13.1. The number of furan rings is 1. The Kier molecular flexibility index (Phi) is 5.71. The van der Waals surface area contributed by atoms with Crippen LogP contribution in [0.5, 0.6) is 0 Å². The minimum absolute atomic E-state index is 0.198. The fourth-order valence-corrected chi connectivity index (χ4v) is 6.46. The molecule has 7 heteroatoms. The molecule has 2 atom stereocenters. The van der Waals surface area contributed by atoms with Crippen molar-refractivity contribution in [2.45, 2.75) is 63.3 Å². The Morgan fingerprint density at radius 1 is 1.07 bits per heavy atom. The van der Waals surface area contributed by atoms with E-state index in [9.17, 15) is 13.2 Å². The molecule has 1 aromatic heterocycles. The molecule has 2 unspecified atom stereocenters. The minimum atomic E-state index is -3.56. The lowest BCUT2D eigenvalue weighted by Gasteiger charge is -2.34. The van der Waals surface area contributed by atoms with Crippen molar-refractivity contribution in [2.75, 3.05) is 13.1 Å². The molecular weight excluding hydrogens is 388 g/mol. The average molecular weight is 419 g/mol. The number of nitrogens with one attached hydrogen (secondary N) is 1. The summed E-state index contributed by atoms with van der Waals surface area (Å²) in [5.74, 6) is 0.707. The van der Waals surface area contributed by atoms with Crippen LogP contribution in [0.4, 0.5) is 0 Å². The van der Waals surface area contributed by atoms with E-state index in [1.54, 1.807) is 28.6 Å². The molecule has 1 N–H and O–H groups in total. The van der Waals surface area contributed by atoms with Crippen LogP contribution in [0.1, 0.15) is 62.9 Å². The van der Waals surface area contributed by atoms with Crippen molar-refractivity contribution < 1.29 is 17.6 Å². The molecule has 1 aliphatic heterocycles. The van der Waals surface area contributed by atoms with Crippen LogP contribution in [0, 0.1) is 11.8 Å². The topological polar surface area (TPSA) is 79.6 Å². The number of benzene rings is 1. The number of sulfonamides is 1. The number of nitrogens with zero attached hydrogens (tertiary/aromatic N) is 1. The van der Waals surface area contributed by atoms with Crippen molar-refractivity contribution in [1.29, 1.82) is 0 Å². The molecule has 1 saturated heterocycles. The maximum atomic E-state index is 13.1. The lowest BCUT2D eigenvalue weighted by atomic mass is 9.94. The van der Waals surface area contributed by atoms with Gasteiger partial charge < -0.3 is 9.73 Å². The summed E-state index contributed by atoms with van der Waals surface area (Å²) in [5.41, 5.74) is 0.526. The molecule has 29 heavy (non-hydrogen) atoms. The van der Waals surface area contributed by atoms with Crippen molar-refractivity contribution in [2.24, 2.45) is 11.8 Å². The Hall–Kier alpha value is -1.86. The van der Waals surface area contributed by atoms with Gasteiger partial charge in [-0.05, 0) is 55.4 Å². The van der Waals surface area contributed by atoms with Crippen molar-refractivity contribution in [3.8, 4) is 0 Å². The summed E-state index contributed by atoms with van der Waals surface area (Å²) in [5, 5.41) is 3.68. The number of rotatable bonds is 4. The van der Waals surface area contributed by atoms with E-state index < -0.39 is 10.0 Å². The van der Waals surface area contributed by atoms with Gasteiger partial charge in [0.15, 0.2) is 5.76 Å². The first-order valence-electron chi connectivity index (χ1n) is 10.7. The molecule has 0 spiro atoms. The third-order valence-corrected chi connectivity index (χ3v) is 7.95. The van der Waals surface area contributed by atoms with E-state index in [1.165, 1.54) is 6.42 Å². The molecule has 158 valence electrons. The maximum Gasteiger partial charge on any atom is 0.287 e. The Balaban J connectivity index is 1.55. The predicted octanol–water partition coefficient (Wildman–Crippen LogP) is 4.16. The smallest absolute Gasteiger partial charge is 0.287 e. The first kappa shape index (κ1) is 20.4. The van der Waals surface area contributed by atoms with Crippen LogP contribution in [0.3, 0.4) is 0 Å². The van der Waals surface area contributed by atoms with Gasteiger partial charge >= 0.3 is 0 Å². The standard InChI is InChI=1S/C22H30N2O4S/c1-15-10-16(2)14-24(13-15)29(26,27)19-8-9-20-17(11-19)12-21(28-20)22(25)23-18-6-4-3-5-7-18/h8-9,11-12,15-16,18H,3-7,10,13-14H2,1-2H3,(H,23,25). The van der Waals surface area contributed by atoms with Gasteiger partial charge in [0.05, 0.1) is 4.90 Å². The number of carbonyl (C=O) groups is 1. The molecular formula is C22H30N2O4S. The molecule has 2 fully saturated rings. The third-order valence-electron chi connectivity index (χ3n) is 6.13. The summed E-state index contributed by atoms with van der Waals surface area (Å²) in [6, 6.07) is 6.69. The van der Waals surface area contributed by atoms with Gasteiger partial charge in [0.2, 0.25) is 10.0 Å². The molecule has 6 nitrogen and oxygen atoms in total. The van der Waals surface area contributed by atoms with Gasteiger partial charge in [0.25, 0.3) is 5.91 Å². The number of hydrogen-bond acceptors (Lipinski definition) is 4. The quantitative estimate of drug-likeness (QED) is 0.808. The normalized spacial score (nSPS) is 24.6. The fourth-order valence-electron chi connectivity index (χ4n) is 4.75. The Morgan fingerprint density at radius 3 is 2.45 bits per heavy atom. The number of amides is 1. The van der Waals surface area contributed by atoms with Crippen LogP contribution < -0.4 is 5.32 Å². The molecule has 1 saturated carbocycles. The molecule has 0 bridgehead atoms. The predicted molar refractivity (Wildman–Crippen MR) is 112 cm³/mol. The summed E-state index contributed by atoms with van der Waals surface area (Å²) >= 11 is 0. The van der Waals surface area contributed by atoms with Crippen LogP contribution in [0.25, 0.3) is 11.0 Å². The molecule has 1 amide bonds. The molecule has 0 radical (unpaired) electrons. The number of carbonyl (C=O) groups excluding carboxylic acids is 1. The van der Waals surface area contributed by atoms with E-state index in [2.05, 4.69) is 19.2 Å². The van der Waals surface area contributed by atoms with Crippen LogP contribution in [-0.4, -0.2) is 37.8 Å². The fraction of sp³-hybridized carbons (Fsp3) is 0.591. The second kappa shape index (κ2) is 8.11. The Morgan fingerprint density at radius 2 is 1.76 bits per heavy atom. The Labute approximate surface area is 172 Å². The molecule has 2 heterocycles. The van der Waals surface area contributed by atoms with Crippen molar-refractivity contribution in [1.82, 2.24) is 9.62 Å². The first-order valence-corrected chi connectivity index (χ1v) is 12.1. The van der Waals surface area contributed by atoms with Gasteiger partial charge in [-0.15, -0.1) is 0 Å². The second-order valence-electron chi connectivity index (χ2n) is 8.89. The number of fused-ring (bicyclic) bond motifs is 1. The number of piperidine rings is 1. The largest absolute Gasteiger partial charge is 0.451 e. The van der Waals surface area contributed by atoms with Gasteiger partial charge in [-0.1, -0.05) is 33.1 Å². The van der Waals surface area contributed by atoms with Gasteiger partial charge in [-0.3, -0.25) is 4.79 Å². The Bertz CT molecular complexity index is 981. The highest BCUT2D eigenvalue weighted by Crippen LogP contribution is 2.29. The number of hydrogen-bond donors (Lipinski definition) is 1. The lowest BCUT2D eigenvalue weighted by molar-refractivity contribution is 0.0901. The summed E-state index contributed by atoms with van der Waals surface area (Å²) in [4.78, 5) is 12.8. The first-order chi connectivity index (χ1) is 13.8. The highest BCUT2D eigenvalue weighted by atomic mass is 32.2. The van der Waals surface area contributed by atoms with E-state index in [1.807, 2.05) is 0 Å². The third kappa shape index (κ3) is 4.36. The van der Waals surface area contributed by atoms with Crippen LogP contribution in [-0.2, 0) is 10.0 Å². The molecule has 1 aromatic carbocycles. The van der Waals surface area contributed by atoms with Crippen molar-refractivity contribution in [3.63, 3.8) is 0 Å². The van der Waals surface area contributed by atoms with Crippen LogP contribution in [0.2, 0.25) is 0 Å². The van der Waals surface area contributed by atoms with Gasteiger partial charge in [-0.2, -0.15) is 4.31 Å². The minimum Gasteiger partial charge on any atom is -0.451 e. The molecule has 2 aliphatic rings. The summed E-state index contributed by atoms with van der Waals surface area (Å²) in [7, 11) is -3.56. The van der Waals surface area contributed by atoms with E-state index in [0.717, 1.165) is 32.1 Å². The monoisotopic (exact) mass is 418 g/mol. The van der Waals surface area contributed by atoms with Crippen LogP contribution >= 0.6 is 0 Å². The van der Waals surface area contributed by atoms with Crippen molar-refractivity contribution in [3.05, 3.63) is 30.0 Å². The van der Waals surface area contributed by atoms with Crippen LogP contribution in [0.15, 0.2) is 33.6 Å². The SMILES string of the molecule is CC1CC(C)CN(S(=O)(=O)c2ccc3oc(C(=O)NC4CCCCC4)cc3c2)C1. The summed E-state index contributed by atoms with van der Waals surface area (Å²) in [6.07, 6.45) is 6.55. The van der Waals surface area contributed by atoms with Gasteiger partial charge in [0.1, 0.15) is 5.58 Å². The highest BCUT2D eigenvalue weighted by molar-refractivity contribution is 7.89. The zero-order valence-corrected chi connectivity index (χ0v) is 18.0. The van der Waals surface area contributed by atoms with E-state index >= 15 is 0 Å². The molecule has 4 rings (SSSR count).